The second kappa shape index (κ2) is 10.4. The van der Waals surface area contributed by atoms with Crippen molar-refractivity contribution >= 4 is 29.2 Å². The number of hydrogen-bond donors (Lipinski definition) is 1. The number of fused-ring (bicyclic) bond motifs is 1. The first-order chi connectivity index (χ1) is 18.1. The van der Waals surface area contributed by atoms with Crippen molar-refractivity contribution in [2.75, 3.05) is 50.1 Å². The van der Waals surface area contributed by atoms with Gasteiger partial charge >= 0.3 is 6.03 Å². The summed E-state index contributed by atoms with van der Waals surface area (Å²) in [6.45, 7) is 14.8. The zero-order valence-corrected chi connectivity index (χ0v) is 24.5. The number of pyridine rings is 1. The zero-order chi connectivity index (χ0) is 28.8. The minimum Gasteiger partial charge on any atom is -0.310 e. The highest BCUT2D eigenvalue weighted by atomic mass is 16.2. The van der Waals surface area contributed by atoms with Gasteiger partial charge in [-0.15, -0.1) is 0 Å². The zero-order valence-electron chi connectivity index (χ0n) is 24.5. The Morgan fingerprint density at radius 2 is 1.74 bits per heavy atom. The number of carbonyl (C=O) groups excluding carboxylic acids is 3. The van der Waals surface area contributed by atoms with Crippen molar-refractivity contribution in [1.29, 1.82) is 0 Å². The summed E-state index contributed by atoms with van der Waals surface area (Å²) in [6.07, 6.45) is 3.35. The molecule has 0 saturated carbocycles. The first-order valence-electron chi connectivity index (χ1n) is 13.5. The van der Waals surface area contributed by atoms with E-state index >= 15 is 0 Å². The lowest BCUT2D eigenvalue weighted by atomic mass is 9.87. The molecule has 1 aromatic carbocycles. The molecule has 1 aromatic heterocycles. The van der Waals surface area contributed by atoms with Crippen LogP contribution in [-0.2, 0) is 21.5 Å². The van der Waals surface area contributed by atoms with Crippen molar-refractivity contribution in [3.05, 3.63) is 53.9 Å². The molecule has 1 saturated heterocycles. The molecule has 2 aliphatic rings. The maximum Gasteiger partial charge on any atom is 0.332 e. The number of anilines is 2. The summed E-state index contributed by atoms with van der Waals surface area (Å²) in [5.41, 5.74) is 1.91. The molecule has 2 aliphatic heterocycles. The van der Waals surface area contributed by atoms with Gasteiger partial charge in [0.05, 0.1) is 12.2 Å². The van der Waals surface area contributed by atoms with Crippen molar-refractivity contribution in [3.8, 4) is 0 Å². The number of carbonyl (C=O) groups is 3. The highest BCUT2D eigenvalue weighted by Gasteiger charge is 2.52. The van der Waals surface area contributed by atoms with Crippen LogP contribution in [-0.4, -0.2) is 78.4 Å². The van der Waals surface area contributed by atoms with E-state index in [0.29, 0.717) is 25.3 Å². The number of nitrogens with one attached hydrogen (secondary N) is 1. The fourth-order valence-corrected chi connectivity index (χ4v) is 5.76. The number of imide groups is 1. The van der Waals surface area contributed by atoms with Crippen LogP contribution < -0.4 is 15.1 Å². The molecule has 3 heterocycles. The highest BCUT2D eigenvalue weighted by Crippen LogP contribution is 2.44. The molecule has 0 radical (unpaired) electrons. The number of nitrogens with zero attached hydrogens (tertiary/aromatic N) is 5. The van der Waals surface area contributed by atoms with Gasteiger partial charge in [0.1, 0.15) is 5.54 Å². The van der Waals surface area contributed by atoms with Crippen molar-refractivity contribution in [1.82, 2.24) is 20.1 Å². The Morgan fingerprint density at radius 3 is 2.38 bits per heavy atom. The molecule has 210 valence electrons. The Hall–Kier alpha value is -3.30. The molecular weight excluding hydrogens is 492 g/mol. The molecule has 4 rings (SSSR count). The highest BCUT2D eigenvalue weighted by molar-refractivity contribution is 6.23. The summed E-state index contributed by atoms with van der Waals surface area (Å²) < 4.78 is 0. The van der Waals surface area contributed by atoms with E-state index in [2.05, 4.69) is 42.9 Å². The van der Waals surface area contributed by atoms with E-state index < -0.39 is 5.54 Å². The van der Waals surface area contributed by atoms with Crippen LogP contribution in [0.5, 0.6) is 0 Å². The average Bonchev–Trinajstić information content (AvgIpc) is 3.20. The molecule has 0 spiro atoms. The molecule has 1 fully saturated rings. The Balaban J connectivity index is 1.57. The topological polar surface area (TPSA) is 89.1 Å². The molecule has 0 bridgehead atoms. The van der Waals surface area contributed by atoms with Crippen LogP contribution in [0.1, 0.15) is 52.7 Å². The van der Waals surface area contributed by atoms with E-state index in [1.807, 2.05) is 44.4 Å². The molecule has 1 N–H and O–H groups in total. The van der Waals surface area contributed by atoms with E-state index in [-0.39, 0.29) is 35.2 Å². The third-order valence-corrected chi connectivity index (χ3v) is 7.65. The maximum absolute atomic E-state index is 13.6. The second-order valence-electron chi connectivity index (χ2n) is 13.0. The van der Waals surface area contributed by atoms with Crippen LogP contribution in [0.25, 0.3) is 0 Å². The van der Waals surface area contributed by atoms with Gasteiger partial charge in [-0.3, -0.25) is 14.6 Å². The molecule has 0 atom stereocenters. The summed E-state index contributed by atoms with van der Waals surface area (Å²) in [6, 6.07) is 8.89. The van der Waals surface area contributed by atoms with Crippen LogP contribution in [0.2, 0.25) is 0 Å². The van der Waals surface area contributed by atoms with E-state index in [1.165, 1.54) is 4.90 Å². The van der Waals surface area contributed by atoms with Gasteiger partial charge < -0.3 is 20.0 Å². The molecule has 0 unspecified atom stereocenters. The lowest BCUT2D eigenvalue weighted by molar-refractivity contribution is -0.123. The molecular formula is C30H42N6O3. The number of urea groups is 1. The van der Waals surface area contributed by atoms with E-state index in [1.54, 1.807) is 36.0 Å². The third kappa shape index (κ3) is 5.70. The SMILES string of the molecule is CN(C)CC(C)(C)CNCC(=O)N1CC(C)(C)c2ccc(N3C(=O)N(Cc4ccncc4)C(C)(C)C3=O)cc21. The Labute approximate surface area is 232 Å². The second-order valence-corrected chi connectivity index (χ2v) is 13.0. The van der Waals surface area contributed by atoms with Crippen molar-refractivity contribution in [2.24, 2.45) is 5.41 Å². The lowest BCUT2D eigenvalue weighted by Gasteiger charge is -2.29. The molecule has 9 nitrogen and oxygen atoms in total. The third-order valence-electron chi connectivity index (χ3n) is 7.65. The number of hydrogen-bond acceptors (Lipinski definition) is 6. The predicted octanol–water partition coefficient (Wildman–Crippen LogP) is 3.63. The van der Waals surface area contributed by atoms with Gasteiger partial charge in [-0.25, -0.2) is 9.69 Å². The molecule has 0 aliphatic carbocycles. The molecule has 2 aromatic rings. The standard InChI is InChI=1S/C30H42N6O3/c1-28(2,19-33(7)8)18-32-16-25(37)34-20-29(3,4)23-10-9-22(15-24(23)34)36-26(38)30(5,6)35(27(36)39)17-21-11-13-31-14-12-21/h9-15,32H,16-20H2,1-8H3. The van der Waals surface area contributed by atoms with Crippen molar-refractivity contribution in [2.45, 2.75) is 59.0 Å². The minimum absolute atomic E-state index is 0.0184. The number of amides is 4. The monoisotopic (exact) mass is 534 g/mol. The van der Waals surface area contributed by atoms with Gasteiger partial charge in [0.15, 0.2) is 0 Å². The quantitative estimate of drug-likeness (QED) is 0.495. The van der Waals surface area contributed by atoms with Gasteiger partial charge in [-0.1, -0.05) is 33.8 Å². The van der Waals surface area contributed by atoms with Gasteiger partial charge in [-0.2, -0.15) is 0 Å². The van der Waals surface area contributed by atoms with Crippen LogP contribution in [0, 0.1) is 5.41 Å². The summed E-state index contributed by atoms with van der Waals surface area (Å²) in [4.78, 5) is 51.4. The molecule has 9 heteroatoms. The minimum atomic E-state index is -1.02. The first kappa shape index (κ1) is 28.7. The Kier molecular flexibility index (Phi) is 7.62. The Morgan fingerprint density at radius 1 is 1.08 bits per heavy atom. The smallest absolute Gasteiger partial charge is 0.310 e. The Bertz CT molecular complexity index is 1250. The number of benzene rings is 1. The van der Waals surface area contributed by atoms with Crippen LogP contribution in [0.4, 0.5) is 16.2 Å². The van der Waals surface area contributed by atoms with Gasteiger partial charge in [0, 0.05) is 49.7 Å². The van der Waals surface area contributed by atoms with Crippen LogP contribution in [0.3, 0.4) is 0 Å². The fraction of sp³-hybridized carbons (Fsp3) is 0.533. The van der Waals surface area contributed by atoms with Crippen molar-refractivity contribution in [3.63, 3.8) is 0 Å². The predicted molar refractivity (Wildman–Crippen MR) is 154 cm³/mol. The average molecular weight is 535 g/mol. The van der Waals surface area contributed by atoms with Gasteiger partial charge in [0.25, 0.3) is 5.91 Å². The summed E-state index contributed by atoms with van der Waals surface area (Å²) in [5, 5.41) is 3.34. The molecule has 4 amide bonds. The maximum atomic E-state index is 13.6. The summed E-state index contributed by atoms with van der Waals surface area (Å²) in [5.74, 6) is -0.320. The number of aromatic nitrogens is 1. The van der Waals surface area contributed by atoms with Crippen molar-refractivity contribution < 1.29 is 14.4 Å². The van der Waals surface area contributed by atoms with Crippen LogP contribution in [0.15, 0.2) is 42.7 Å². The van der Waals surface area contributed by atoms with Gasteiger partial charge in [0.2, 0.25) is 5.91 Å². The normalized spacial score (nSPS) is 18.3. The fourth-order valence-electron chi connectivity index (χ4n) is 5.76. The molecule has 39 heavy (non-hydrogen) atoms. The van der Waals surface area contributed by atoms with Gasteiger partial charge in [-0.05, 0) is 68.8 Å². The summed E-state index contributed by atoms with van der Waals surface area (Å²) in [7, 11) is 4.09. The van der Waals surface area contributed by atoms with E-state index in [4.69, 9.17) is 0 Å². The first-order valence-corrected chi connectivity index (χ1v) is 13.5. The van der Waals surface area contributed by atoms with E-state index in [9.17, 15) is 14.4 Å². The van der Waals surface area contributed by atoms with E-state index in [0.717, 1.165) is 23.4 Å². The number of rotatable bonds is 9. The van der Waals surface area contributed by atoms with Crippen LogP contribution >= 0.6 is 0 Å². The largest absolute Gasteiger partial charge is 0.332 e. The lowest BCUT2D eigenvalue weighted by Crippen LogP contribution is -2.44. The summed E-state index contributed by atoms with van der Waals surface area (Å²) >= 11 is 0.